The first-order chi connectivity index (χ1) is 20.8. The summed E-state index contributed by atoms with van der Waals surface area (Å²) in [7, 11) is 0. The number of benzene rings is 4. The molecule has 1 aromatic heterocycles. The number of nitrogens with zero attached hydrogens (tertiary/aromatic N) is 3. The fraction of sp³-hybridized carbons (Fsp3) is 0.333. The smallest absolute Gasteiger partial charge is 0.157 e. The quantitative estimate of drug-likeness (QED) is 0.148. The third kappa shape index (κ3) is 5.32. The summed E-state index contributed by atoms with van der Waals surface area (Å²) in [5.41, 5.74) is 3.45. The third-order valence-corrected chi connectivity index (χ3v) is 8.48. The molecule has 3 heterocycles. The van der Waals surface area contributed by atoms with Gasteiger partial charge in [-0.2, -0.15) is 10.4 Å². The highest BCUT2D eigenvalue weighted by atomic mass is 16.7. The molecule has 0 N–H and O–H groups in total. The minimum atomic E-state index is -0.130. The number of rotatable bonds is 7. The third-order valence-electron chi connectivity index (χ3n) is 8.48. The summed E-state index contributed by atoms with van der Waals surface area (Å²) >= 11 is 0. The van der Waals surface area contributed by atoms with Crippen molar-refractivity contribution < 1.29 is 14.2 Å². The zero-order chi connectivity index (χ0) is 28.3. The summed E-state index contributed by atoms with van der Waals surface area (Å²) in [5.74, 6) is 0. The van der Waals surface area contributed by atoms with Crippen LogP contribution in [0.5, 0.6) is 0 Å². The van der Waals surface area contributed by atoms with Crippen molar-refractivity contribution in [3.63, 3.8) is 0 Å². The van der Waals surface area contributed by atoms with Crippen LogP contribution in [0.4, 0.5) is 0 Å². The van der Waals surface area contributed by atoms with Gasteiger partial charge in [-0.05, 0) is 114 Å². The molecule has 2 aliphatic heterocycles. The van der Waals surface area contributed by atoms with E-state index in [0.717, 1.165) is 96.5 Å². The first-order valence-electron chi connectivity index (χ1n) is 15.2. The summed E-state index contributed by atoms with van der Waals surface area (Å²) in [6, 6.07) is 24.1. The maximum atomic E-state index is 10.7. The number of ether oxygens (including phenoxy) is 3. The molecule has 2 unspecified atom stereocenters. The summed E-state index contributed by atoms with van der Waals surface area (Å²) < 4.78 is 19.8. The predicted molar refractivity (Wildman–Crippen MR) is 167 cm³/mol. The molecule has 0 bridgehead atoms. The molecule has 42 heavy (non-hydrogen) atoms. The van der Waals surface area contributed by atoms with E-state index in [2.05, 4.69) is 77.9 Å². The van der Waals surface area contributed by atoms with E-state index in [4.69, 9.17) is 14.2 Å². The lowest BCUT2D eigenvalue weighted by Gasteiger charge is -2.25. The molecule has 0 radical (unpaired) electrons. The molecule has 4 aromatic carbocycles. The molecular formula is C36H35N3O3. The van der Waals surface area contributed by atoms with Gasteiger partial charge in [-0.1, -0.05) is 36.4 Å². The van der Waals surface area contributed by atoms with E-state index in [1.165, 1.54) is 10.8 Å². The molecule has 2 saturated heterocycles. The maximum Gasteiger partial charge on any atom is 0.157 e. The van der Waals surface area contributed by atoms with E-state index in [1.807, 2.05) is 16.9 Å². The lowest BCUT2D eigenvalue weighted by Crippen LogP contribution is -2.22. The van der Waals surface area contributed by atoms with Crippen molar-refractivity contribution >= 4 is 38.4 Å². The molecule has 6 heteroatoms. The van der Waals surface area contributed by atoms with Gasteiger partial charge in [0.1, 0.15) is 6.07 Å². The topological polar surface area (TPSA) is 69.3 Å². The Morgan fingerprint density at radius 2 is 1.64 bits per heavy atom. The average molecular weight is 558 g/mol. The Morgan fingerprint density at radius 3 is 2.38 bits per heavy atom. The summed E-state index contributed by atoms with van der Waals surface area (Å²) in [5, 5.41) is 22.0. The zero-order valence-electron chi connectivity index (χ0n) is 23.8. The van der Waals surface area contributed by atoms with Gasteiger partial charge in [0.25, 0.3) is 0 Å². The molecular weight excluding hydrogens is 522 g/mol. The van der Waals surface area contributed by atoms with E-state index in [-0.39, 0.29) is 12.5 Å². The fourth-order valence-electron chi connectivity index (χ4n) is 6.37. The van der Waals surface area contributed by atoms with Crippen LogP contribution in [0.3, 0.4) is 0 Å². The summed E-state index contributed by atoms with van der Waals surface area (Å²) in [4.78, 5) is 0. The van der Waals surface area contributed by atoms with Crippen molar-refractivity contribution in [2.24, 2.45) is 0 Å². The highest BCUT2D eigenvalue weighted by Gasteiger charge is 2.24. The SMILES string of the molecule is N#Cc1c(-c2ccnn2C2CCCCO2)c(C=CCCOC2CCCCO2)cc2cc3cc4ccccc4cc3cc12. The molecule has 0 saturated carbocycles. The van der Waals surface area contributed by atoms with Gasteiger partial charge in [-0.15, -0.1) is 0 Å². The van der Waals surface area contributed by atoms with Gasteiger partial charge in [-0.3, -0.25) is 0 Å². The second kappa shape index (κ2) is 12.1. The molecule has 0 amide bonds. The van der Waals surface area contributed by atoms with Crippen LogP contribution in [0.25, 0.3) is 49.7 Å². The maximum absolute atomic E-state index is 10.7. The molecule has 212 valence electrons. The van der Waals surface area contributed by atoms with E-state index >= 15 is 0 Å². The lowest BCUT2D eigenvalue weighted by molar-refractivity contribution is -0.161. The van der Waals surface area contributed by atoms with Crippen LogP contribution in [0.1, 0.15) is 62.3 Å². The summed E-state index contributed by atoms with van der Waals surface area (Å²) in [6.07, 6.45) is 12.9. The van der Waals surface area contributed by atoms with E-state index in [9.17, 15) is 5.26 Å². The summed E-state index contributed by atoms with van der Waals surface area (Å²) in [6.45, 7) is 2.10. The van der Waals surface area contributed by atoms with Crippen LogP contribution in [-0.4, -0.2) is 35.9 Å². The van der Waals surface area contributed by atoms with Crippen molar-refractivity contribution in [3.8, 4) is 17.3 Å². The van der Waals surface area contributed by atoms with Gasteiger partial charge >= 0.3 is 0 Å². The molecule has 2 fully saturated rings. The van der Waals surface area contributed by atoms with Gasteiger partial charge in [-0.25, -0.2) is 4.68 Å². The van der Waals surface area contributed by atoms with Crippen molar-refractivity contribution in [3.05, 3.63) is 84.1 Å². The molecule has 0 aliphatic carbocycles. The van der Waals surface area contributed by atoms with Gasteiger partial charge in [0, 0.05) is 30.4 Å². The highest BCUT2D eigenvalue weighted by molar-refractivity contribution is 6.08. The second-order valence-corrected chi connectivity index (χ2v) is 11.3. The normalized spacial score (nSPS) is 19.6. The Hall–Kier alpha value is -4.02. The van der Waals surface area contributed by atoms with Crippen LogP contribution < -0.4 is 0 Å². The number of hydrogen-bond donors (Lipinski definition) is 0. The van der Waals surface area contributed by atoms with Crippen LogP contribution >= 0.6 is 0 Å². The number of fused-ring (bicyclic) bond motifs is 3. The molecule has 6 nitrogen and oxygen atoms in total. The van der Waals surface area contributed by atoms with Crippen LogP contribution in [0.2, 0.25) is 0 Å². The van der Waals surface area contributed by atoms with Crippen LogP contribution in [0, 0.1) is 11.3 Å². The minimum absolute atomic E-state index is 0.0947. The fourth-order valence-corrected chi connectivity index (χ4v) is 6.37. The van der Waals surface area contributed by atoms with Crippen LogP contribution in [-0.2, 0) is 14.2 Å². The molecule has 7 rings (SSSR count). The van der Waals surface area contributed by atoms with Crippen molar-refractivity contribution in [1.82, 2.24) is 9.78 Å². The molecule has 5 aromatic rings. The Morgan fingerprint density at radius 1 is 0.881 bits per heavy atom. The second-order valence-electron chi connectivity index (χ2n) is 11.3. The largest absolute Gasteiger partial charge is 0.356 e. The van der Waals surface area contributed by atoms with Crippen molar-refractivity contribution in [2.45, 2.75) is 57.5 Å². The Balaban J connectivity index is 1.33. The van der Waals surface area contributed by atoms with E-state index < -0.39 is 0 Å². The lowest BCUT2D eigenvalue weighted by atomic mass is 9.90. The van der Waals surface area contributed by atoms with Crippen molar-refractivity contribution in [2.75, 3.05) is 19.8 Å². The van der Waals surface area contributed by atoms with E-state index in [0.29, 0.717) is 12.2 Å². The Bertz CT molecular complexity index is 1800. The molecule has 2 aliphatic rings. The van der Waals surface area contributed by atoms with Gasteiger partial charge < -0.3 is 14.2 Å². The highest BCUT2D eigenvalue weighted by Crippen LogP contribution is 2.39. The predicted octanol–water partition coefficient (Wildman–Crippen LogP) is 8.53. The van der Waals surface area contributed by atoms with Gasteiger partial charge in [0.05, 0.1) is 17.9 Å². The standard InChI is InChI=1S/C36H35N3O3/c37-24-32-31-23-29-20-26-10-2-1-9-25(26)19-28(29)22-30(31)21-27(11-3-6-17-41-35-13-5-8-18-42-35)36(32)33-14-15-38-39(33)34-12-4-7-16-40-34/h1-3,9-11,14-15,19-23,34-35H,4-8,12-13,16-18H2. The monoisotopic (exact) mass is 557 g/mol. The first-order valence-corrected chi connectivity index (χ1v) is 15.2. The van der Waals surface area contributed by atoms with Gasteiger partial charge in [0.2, 0.25) is 0 Å². The molecule has 0 spiro atoms. The average Bonchev–Trinajstić information content (AvgIpc) is 3.52. The van der Waals surface area contributed by atoms with Gasteiger partial charge in [0.15, 0.2) is 12.5 Å². The van der Waals surface area contributed by atoms with Crippen LogP contribution in [0.15, 0.2) is 72.9 Å². The zero-order valence-corrected chi connectivity index (χ0v) is 23.8. The van der Waals surface area contributed by atoms with Crippen molar-refractivity contribution in [1.29, 1.82) is 5.26 Å². The first kappa shape index (κ1) is 26.9. The number of nitriles is 1. The Labute approximate surface area is 246 Å². The minimum Gasteiger partial charge on any atom is -0.356 e. The van der Waals surface area contributed by atoms with E-state index in [1.54, 1.807) is 0 Å². The molecule has 2 atom stereocenters. The number of aromatic nitrogens is 2. The Kier molecular flexibility index (Phi) is 7.72. The number of hydrogen-bond acceptors (Lipinski definition) is 5.